The van der Waals surface area contributed by atoms with E-state index >= 15 is 0 Å². The maximum Gasteiger partial charge on any atom is 0.274 e. The van der Waals surface area contributed by atoms with Crippen molar-refractivity contribution >= 4 is 23.3 Å². The Morgan fingerprint density at radius 2 is 1.88 bits per heavy atom. The number of aryl methyl sites for hydroxylation is 1. The molecule has 1 aliphatic carbocycles. The van der Waals surface area contributed by atoms with Crippen molar-refractivity contribution in [2.45, 2.75) is 51.6 Å². The third-order valence-corrected chi connectivity index (χ3v) is 4.88. The van der Waals surface area contributed by atoms with Crippen LogP contribution in [-0.2, 0) is 0 Å². The van der Waals surface area contributed by atoms with E-state index in [0.29, 0.717) is 11.3 Å². The fourth-order valence-corrected chi connectivity index (χ4v) is 3.81. The molecule has 1 heterocycles. The Balaban J connectivity index is 2.21. The van der Waals surface area contributed by atoms with Gasteiger partial charge in [0.05, 0.1) is 16.2 Å². The minimum absolute atomic E-state index is 0.0666. The summed E-state index contributed by atoms with van der Waals surface area (Å²) in [6.45, 7) is 3.66. The monoisotopic (exact) mass is 330 g/mol. The highest BCUT2D eigenvalue weighted by atomic mass is 16.6. The van der Waals surface area contributed by atoms with Gasteiger partial charge in [0.15, 0.2) is 0 Å². The van der Waals surface area contributed by atoms with Gasteiger partial charge in [-0.3, -0.25) is 15.0 Å². The predicted octanol–water partition coefficient (Wildman–Crippen LogP) is 2.32. The SMILES string of the molecule is Cc1ccc([N+](=O)[O-])c(C)c1N1C(N)=NC(N)=NC12CCCCC2. The average molecular weight is 330 g/mol. The summed E-state index contributed by atoms with van der Waals surface area (Å²) in [7, 11) is 0. The summed E-state index contributed by atoms with van der Waals surface area (Å²) in [5.74, 6) is 0.419. The zero-order chi connectivity index (χ0) is 17.5. The first-order valence-corrected chi connectivity index (χ1v) is 8.10. The van der Waals surface area contributed by atoms with Crippen molar-refractivity contribution in [3.05, 3.63) is 33.4 Å². The summed E-state index contributed by atoms with van der Waals surface area (Å²) >= 11 is 0. The summed E-state index contributed by atoms with van der Waals surface area (Å²) in [5.41, 5.74) is 13.7. The van der Waals surface area contributed by atoms with Gasteiger partial charge < -0.3 is 11.5 Å². The first-order chi connectivity index (χ1) is 11.4. The van der Waals surface area contributed by atoms with Crippen LogP contribution in [0.3, 0.4) is 0 Å². The molecule has 0 radical (unpaired) electrons. The van der Waals surface area contributed by atoms with Crippen molar-refractivity contribution in [1.82, 2.24) is 0 Å². The molecule has 1 fully saturated rings. The van der Waals surface area contributed by atoms with E-state index in [1.807, 2.05) is 11.8 Å². The number of nitro benzene ring substituents is 1. The van der Waals surface area contributed by atoms with Crippen molar-refractivity contribution in [3.63, 3.8) is 0 Å². The molecule has 0 atom stereocenters. The summed E-state index contributed by atoms with van der Waals surface area (Å²) in [6.07, 6.45) is 4.74. The van der Waals surface area contributed by atoms with Gasteiger partial charge in [-0.25, -0.2) is 4.99 Å². The van der Waals surface area contributed by atoms with E-state index in [9.17, 15) is 10.1 Å². The Morgan fingerprint density at radius 1 is 1.21 bits per heavy atom. The molecule has 1 saturated carbocycles. The molecule has 1 aliphatic heterocycles. The summed E-state index contributed by atoms with van der Waals surface area (Å²) in [5, 5.41) is 11.3. The minimum Gasteiger partial charge on any atom is -0.369 e. The maximum absolute atomic E-state index is 11.3. The van der Waals surface area contributed by atoms with E-state index in [-0.39, 0.29) is 22.5 Å². The van der Waals surface area contributed by atoms with Crippen LogP contribution < -0.4 is 16.4 Å². The molecular formula is C16H22N6O2. The molecule has 3 rings (SSSR count). The summed E-state index contributed by atoms with van der Waals surface area (Å²) in [4.78, 5) is 21.6. The standard InChI is InChI=1S/C16H22N6O2/c1-10-6-7-12(22(23)24)11(2)13(10)21-15(18)19-14(17)20-16(21)8-4-3-5-9-16/h6-7H,3-5,8-9H2,1-2H3,(H4,17,18,19,20). The Kier molecular flexibility index (Phi) is 3.90. The van der Waals surface area contributed by atoms with Gasteiger partial charge >= 0.3 is 0 Å². The second-order valence-electron chi connectivity index (χ2n) is 6.45. The van der Waals surface area contributed by atoms with Crippen LogP contribution in [0.4, 0.5) is 11.4 Å². The fourth-order valence-electron chi connectivity index (χ4n) is 3.81. The second-order valence-corrected chi connectivity index (χ2v) is 6.45. The molecule has 1 spiro atoms. The first-order valence-electron chi connectivity index (χ1n) is 8.10. The van der Waals surface area contributed by atoms with Gasteiger partial charge in [-0.2, -0.15) is 4.99 Å². The van der Waals surface area contributed by atoms with Crippen molar-refractivity contribution in [2.24, 2.45) is 21.5 Å². The third kappa shape index (κ3) is 2.47. The van der Waals surface area contributed by atoms with E-state index in [4.69, 9.17) is 11.5 Å². The lowest BCUT2D eigenvalue weighted by molar-refractivity contribution is -0.385. The van der Waals surface area contributed by atoms with Gasteiger partial charge in [0.1, 0.15) is 5.66 Å². The Bertz CT molecular complexity index is 749. The largest absolute Gasteiger partial charge is 0.369 e. The van der Waals surface area contributed by atoms with Crippen molar-refractivity contribution < 1.29 is 4.92 Å². The lowest BCUT2D eigenvalue weighted by Crippen LogP contribution is -2.58. The zero-order valence-electron chi connectivity index (χ0n) is 14.0. The molecule has 0 bridgehead atoms. The molecule has 24 heavy (non-hydrogen) atoms. The number of nitrogens with zero attached hydrogens (tertiary/aromatic N) is 4. The topological polar surface area (TPSA) is 123 Å². The van der Waals surface area contributed by atoms with Crippen LogP contribution in [0, 0.1) is 24.0 Å². The quantitative estimate of drug-likeness (QED) is 0.636. The molecule has 2 aliphatic rings. The van der Waals surface area contributed by atoms with Crippen molar-refractivity contribution in [2.75, 3.05) is 4.90 Å². The van der Waals surface area contributed by atoms with Crippen LogP contribution >= 0.6 is 0 Å². The Hall–Kier alpha value is -2.64. The van der Waals surface area contributed by atoms with Gasteiger partial charge in [-0.15, -0.1) is 0 Å². The van der Waals surface area contributed by atoms with E-state index in [2.05, 4.69) is 9.98 Å². The molecule has 0 aromatic heterocycles. The number of nitrogens with two attached hydrogens (primary N) is 2. The zero-order valence-corrected chi connectivity index (χ0v) is 14.0. The summed E-state index contributed by atoms with van der Waals surface area (Å²) < 4.78 is 0. The molecule has 0 saturated heterocycles. The van der Waals surface area contributed by atoms with E-state index in [1.54, 1.807) is 13.0 Å². The highest BCUT2D eigenvalue weighted by Gasteiger charge is 2.44. The highest BCUT2D eigenvalue weighted by Crippen LogP contribution is 2.43. The predicted molar refractivity (Wildman–Crippen MR) is 94.1 cm³/mol. The smallest absolute Gasteiger partial charge is 0.274 e. The molecule has 1 aromatic carbocycles. The highest BCUT2D eigenvalue weighted by molar-refractivity contribution is 6.06. The maximum atomic E-state index is 11.3. The van der Waals surface area contributed by atoms with Crippen LogP contribution in [0.15, 0.2) is 22.1 Å². The van der Waals surface area contributed by atoms with Crippen molar-refractivity contribution in [3.8, 4) is 0 Å². The number of hydrogen-bond donors (Lipinski definition) is 2. The van der Waals surface area contributed by atoms with Gasteiger partial charge in [0.25, 0.3) is 5.69 Å². The normalized spacial score (nSPS) is 19.8. The Labute approximate surface area is 140 Å². The Morgan fingerprint density at radius 3 is 2.50 bits per heavy atom. The van der Waals surface area contributed by atoms with Gasteiger partial charge in [0.2, 0.25) is 11.9 Å². The van der Waals surface area contributed by atoms with Crippen LogP contribution in [0.5, 0.6) is 0 Å². The number of guanidine groups is 2. The van der Waals surface area contributed by atoms with Crippen LogP contribution in [0.1, 0.15) is 43.2 Å². The van der Waals surface area contributed by atoms with E-state index in [1.165, 1.54) is 6.07 Å². The van der Waals surface area contributed by atoms with Crippen LogP contribution in [0.2, 0.25) is 0 Å². The number of anilines is 1. The van der Waals surface area contributed by atoms with Crippen LogP contribution in [0.25, 0.3) is 0 Å². The number of nitro groups is 1. The number of rotatable bonds is 2. The molecule has 0 unspecified atom stereocenters. The van der Waals surface area contributed by atoms with E-state index < -0.39 is 5.66 Å². The van der Waals surface area contributed by atoms with E-state index in [0.717, 1.165) is 37.7 Å². The van der Waals surface area contributed by atoms with Crippen LogP contribution in [-0.4, -0.2) is 22.5 Å². The second kappa shape index (κ2) is 5.77. The minimum atomic E-state index is -0.598. The lowest BCUT2D eigenvalue weighted by atomic mass is 9.86. The average Bonchev–Trinajstić information content (AvgIpc) is 2.50. The molecule has 0 amide bonds. The van der Waals surface area contributed by atoms with Gasteiger partial charge in [0, 0.05) is 6.07 Å². The number of hydrogen-bond acceptors (Lipinski definition) is 7. The summed E-state index contributed by atoms with van der Waals surface area (Å²) in [6, 6.07) is 3.27. The third-order valence-electron chi connectivity index (χ3n) is 4.88. The van der Waals surface area contributed by atoms with Crippen molar-refractivity contribution in [1.29, 1.82) is 0 Å². The molecule has 4 N–H and O–H groups in total. The molecule has 128 valence electrons. The number of aliphatic imine (C=N–C) groups is 2. The fraction of sp³-hybridized carbons (Fsp3) is 0.500. The molecule has 8 nitrogen and oxygen atoms in total. The lowest BCUT2D eigenvalue weighted by Gasteiger charge is -2.46. The van der Waals surface area contributed by atoms with Gasteiger partial charge in [-0.05, 0) is 45.1 Å². The molecular weight excluding hydrogens is 308 g/mol. The number of benzene rings is 1. The molecule has 8 heteroatoms. The van der Waals surface area contributed by atoms with Gasteiger partial charge in [-0.1, -0.05) is 12.5 Å². The molecule has 1 aromatic rings. The first kappa shape index (κ1) is 16.2.